The number of hydrogen-bond acceptors (Lipinski definition) is 3. The molecule has 0 aromatic heterocycles. The first-order valence-corrected chi connectivity index (χ1v) is 9.29. The van der Waals surface area contributed by atoms with Crippen LogP contribution in [0, 0.1) is 0 Å². The molecular weight excluding hydrogens is 312 g/mol. The molecule has 1 saturated heterocycles. The van der Waals surface area contributed by atoms with Crippen molar-refractivity contribution in [2.75, 3.05) is 38.2 Å². The van der Waals surface area contributed by atoms with E-state index in [0.717, 1.165) is 50.5 Å². The van der Waals surface area contributed by atoms with Gasteiger partial charge in [-0.2, -0.15) is 0 Å². The van der Waals surface area contributed by atoms with Crippen molar-refractivity contribution in [1.29, 1.82) is 0 Å². The maximum Gasteiger partial charge on any atom is 0.124 e. The first-order chi connectivity index (χ1) is 12.2. The van der Waals surface area contributed by atoms with Gasteiger partial charge in [0.05, 0.1) is 33.3 Å². The molecule has 1 aliphatic carbocycles. The number of aryl methyl sites for hydroxylation is 2. The summed E-state index contributed by atoms with van der Waals surface area (Å²) in [6.07, 6.45) is 3.52. The normalized spacial score (nSPS) is 17.6. The number of rotatable bonds is 4. The van der Waals surface area contributed by atoms with Crippen LogP contribution < -0.4 is 14.5 Å². The van der Waals surface area contributed by atoms with Gasteiger partial charge >= 0.3 is 0 Å². The highest BCUT2D eigenvalue weighted by molar-refractivity contribution is 5.49. The maximum absolute atomic E-state index is 10.3. The van der Waals surface area contributed by atoms with Gasteiger partial charge in [-0.1, -0.05) is 0 Å². The van der Waals surface area contributed by atoms with Gasteiger partial charge in [0.2, 0.25) is 0 Å². The highest BCUT2D eigenvalue weighted by Crippen LogP contribution is 2.28. The molecule has 132 valence electrons. The molecule has 2 N–H and O–H groups in total. The fraction of sp³-hybridized carbons (Fsp3) is 0.429. The molecule has 4 nitrogen and oxygen atoms in total. The third-order valence-electron chi connectivity index (χ3n) is 5.64. The second-order valence-electron chi connectivity index (χ2n) is 7.22. The zero-order chi connectivity index (χ0) is 17.2. The van der Waals surface area contributed by atoms with Crippen molar-refractivity contribution in [3.05, 3.63) is 53.1 Å². The van der Waals surface area contributed by atoms with Crippen LogP contribution in [0.5, 0.6) is 11.5 Å². The molecule has 2 aromatic carbocycles. The lowest BCUT2D eigenvalue weighted by atomic mass is 10.0. The Morgan fingerprint density at radius 1 is 1.04 bits per heavy atom. The number of benzene rings is 2. The Bertz CT molecular complexity index is 734. The number of quaternary nitrogens is 1. The first-order valence-electron chi connectivity index (χ1n) is 9.29. The molecule has 0 atom stereocenters. The van der Waals surface area contributed by atoms with Gasteiger partial charge in [0.25, 0.3) is 0 Å². The summed E-state index contributed by atoms with van der Waals surface area (Å²) in [4.78, 5) is 3.99. The largest absolute Gasteiger partial charge is 0.507 e. The van der Waals surface area contributed by atoms with E-state index < -0.39 is 0 Å². The molecule has 1 fully saturated rings. The Morgan fingerprint density at radius 3 is 2.40 bits per heavy atom. The van der Waals surface area contributed by atoms with E-state index in [0.29, 0.717) is 5.75 Å². The fourth-order valence-electron chi connectivity index (χ4n) is 4.12. The highest BCUT2D eigenvalue weighted by atomic mass is 16.5. The number of phenols is 1. The second kappa shape index (κ2) is 6.96. The fourth-order valence-corrected chi connectivity index (χ4v) is 4.12. The number of hydrogen-bond donors (Lipinski definition) is 2. The zero-order valence-electron chi connectivity index (χ0n) is 14.9. The van der Waals surface area contributed by atoms with Gasteiger partial charge in [0.15, 0.2) is 0 Å². The smallest absolute Gasteiger partial charge is 0.124 e. The number of piperazine rings is 1. The van der Waals surface area contributed by atoms with E-state index in [1.807, 2.05) is 18.2 Å². The predicted molar refractivity (Wildman–Crippen MR) is 99.7 cm³/mol. The van der Waals surface area contributed by atoms with E-state index in [4.69, 9.17) is 4.74 Å². The van der Waals surface area contributed by atoms with Crippen LogP contribution in [0.15, 0.2) is 36.4 Å². The van der Waals surface area contributed by atoms with Crippen LogP contribution in [-0.4, -0.2) is 38.4 Å². The molecule has 0 unspecified atom stereocenters. The van der Waals surface area contributed by atoms with E-state index in [2.05, 4.69) is 23.1 Å². The standard InChI is InChI=1S/C21H26N2O2/c1-25-20-7-5-19(6-8-20)23-11-9-22(10-12-23)15-18-13-16-3-2-4-17(16)14-21(18)24/h5-8,13-14,24H,2-4,9-12,15H2,1H3/p+1. The lowest BCUT2D eigenvalue weighted by Crippen LogP contribution is -3.13. The number of nitrogens with one attached hydrogen (secondary N) is 1. The van der Waals surface area contributed by atoms with Crippen molar-refractivity contribution in [3.63, 3.8) is 0 Å². The van der Waals surface area contributed by atoms with Gasteiger partial charge in [-0.3, -0.25) is 0 Å². The molecule has 2 aliphatic rings. The van der Waals surface area contributed by atoms with Gasteiger partial charge in [0, 0.05) is 11.3 Å². The van der Waals surface area contributed by atoms with Gasteiger partial charge in [-0.05, 0) is 66.8 Å². The minimum Gasteiger partial charge on any atom is -0.507 e. The van der Waals surface area contributed by atoms with Crippen molar-refractivity contribution >= 4 is 5.69 Å². The maximum atomic E-state index is 10.3. The number of nitrogens with zero attached hydrogens (tertiary/aromatic N) is 1. The van der Waals surface area contributed by atoms with E-state index in [1.54, 1.807) is 12.0 Å². The van der Waals surface area contributed by atoms with E-state index >= 15 is 0 Å². The van der Waals surface area contributed by atoms with Gasteiger partial charge < -0.3 is 19.6 Å². The number of phenolic OH excluding ortho intramolecular Hbond substituents is 1. The third-order valence-corrected chi connectivity index (χ3v) is 5.64. The number of fused-ring (bicyclic) bond motifs is 1. The third kappa shape index (κ3) is 3.45. The van der Waals surface area contributed by atoms with E-state index in [1.165, 1.54) is 29.7 Å². The quantitative estimate of drug-likeness (QED) is 0.892. The topological polar surface area (TPSA) is 37.1 Å². The van der Waals surface area contributed by atoms with Crippen molar-refractivity contribution in [2.45, 2.75) is 25.8 Å². The van der Waals surface area contributed by atoms with Crippen molar-refractivity contribution in [3.8, 4) is 11.5 Å². The Morgan fingerprint density at radius 2 is 1.72 bits per heavy atom. The van der Waals surface area contributed by atoms with Crippen LogP contribution in [0.3, 0.4) is 0 Å². The number of anilines is 1. The van der Waals surface area contributed by atoms with Crippen LogP contribution in [0.2, 0.25) is 0 Å². The van der Waals surface area contributed by atoms with Crippen LogP contribution in [0.4, 0.5) is 5.69 Å². The molecule has 0 amide bonds. The van der Waals surface area contributed by atoms with Crippen molar-refractivity contribution in [1.82, 2.24) is 0 Å². The Hall–Kier alpha value is -2.20. The molecule has 0 saturated carbocycles. The van der Waals surface area contributed by atoms with Crippen LogP contribution in [0.1, 0.15) is 23.1 Å². The SMILES string of the molecule is COc1ccc(N2CC[NH+](Cc3cc4c(cc3O)CCC4)CC2)cc1. The molecule has 0 radical (unpaired) electrons. The van der Waals surface area contributed by atoms with Crippen molar-refractivity contribution in [2.24, 2.45) is 0 Å². The Balaban J connectivity index is 1.37. The molecule has 4 rings (SSSR count). The van der Waals surface area contributed by atoms with Gasteiger partial charge in [-0.15, -0.1) is 0 Å². The summed E-state index contributed by atoms with van der Waals surface area (Å²) in [7, 11) is 1.70. The van der Waals surface area contributed by atoms with Crippen LogP contribution >= 0.6 is 0 Å². The summed E-state index contributed by atoms with van der Waals surface area (Å²) in [6, 6.07) is 12.6. The molecule has 0 spiro atoms. The predicted octanol–water partition coefficient (Wildman–Crippen LogP) is 1.79. The molecule has 1 aliphatic heterocycles. The lowest BCUT2D eigenvalue weighted by molar-refractivity contribution is -0.914. The summed E-state index contributed by atoms with van der Waals surface area (Å²) in [5, 5.41) is 10.3. The summed E-state index contributed by atoms with van der Waals surface area (Å²) in [5.74, 6) is 1.39. The first kappa shape index (κ1) is 16.3. The van der Waals surface area contributed by atoms with E-state index in [-0.39, 0.29) is 0 Å². The van der Waals surface area contributed by atoms with Gasteiger partial charge in [-0.25, -0.2) is 0 Å². The summed E-state index contributed by atoms with van der Waals surface area (Å²) in [5.41, 5.74) is 5.18. The summed E-state index contributed by atoms with van der Waals surface area (Å²) in [6.45, 7) is 5.22. The van der Waals surface area contributed by atoms with Crippen molar-refractivity contribution < 1.29 is 14.7 Å². The molecular formula is C21H27N2O2+. The minimum atomic E-state index is 0.491. The number of ether oxygens (including phenoxy) is 1. The average molecular weight is 339 g/mol. The average Bonchev–Trinajstić information content (AvgIpc) is 3.10. The van der Waals surface area contributed by atoms with E-state index in [9.17, 15) is 5.11 Å². The zero-order valence-corrected chi connectivity index (χ0v) is 14.9. The molecule has 4 heteroatoms. The minimum absolute atomic E-state index is 0.491. The highest BCUT2D eigenvalue weighted by Gasteiger charge is 2.22. The molecule has 2 aromatic rings. The lowest BCUT2D eigenvalue weighted by Gasteiger charge is -2.34. The number of methoxy groups -OCH3 is 1. The Labute approximate surface area is 149 Å². The monoisotopic (exact) mass is 339 g/mol. The van der Waals surface area contributed by atoms with Gasteiger partial charge in [0.1, 0.15) is 18.0 Å². The van der Waals surface area contributed by atoms with Crippen LogP contribution in [0.25, 0.3) is 0 Å². The summed E-state index contributed by atoms with van der Waals surface area (Å²) < 4.78 is 5.24. The molecule has 0 bridgehead atoms. The Kier molecular flexibility index (Phi) is 4.53. The molecule has 1 heterocycles. The molecule has 25 heavy (non-hydrogen) atoms. The van der Waals surface area contributed by atoms with Crippen LogP contribution in [-0.2, 0) is 19.4 Å². The second-order valence-corrected chi connectivity index (χ2v) is 7.22. The summed E-state index contributed by atoms with van der Waals surface area (Å²) >= 11 is 0. The number of aromatic hydroxyl groups is 1.